The minimum Gasteiger partial charge on any atom is -0.493 e. The van der Waals surface area contributed by atoms with E-state index in [1.807, 2.05) is 0 Å². The highest BCUT2D eigenvalue weighted by atomic mass is 35.5. The number of ether oxygens (including phenoxy) is 3. The Morgan fingerprint density at radius 1 is 1.19 bits per heavy atom. The number of hydrogen-bond donors (Lipinski definition) is 0. The number of halogens is 1. The molecule has 1 aliphatic heterocycles. The van der Waals surface area contributed by atoms with E-state index in [9.17, 15) is 4.79 Å². The van der Waals surface area contributed by atoms with Crippen molar-refractivity contribution >= 4 is 17.5 Å². The molecule has 0 bridgehead atoms. The van der Waals surface area contributed by atoms with Gasteiger partial charge in [0.1, 0.15) is 16.9 Å². The Hall–Kier alpha value is -2.47. The van der Waals surface area contributed by atoms with Gasteiger partial charge in [0.15, 0.2) is 11.5 Å². The highest BCUT2D eigenvalue weighted by Crippen LogP contribution is 2.29. The standard InChI is InChI=1S/C19H21ClN2O4/c1-24-17-6-5-13(10-18(17)25-2)19(23)22-9-3-4-14(12-22)26-16-7-8-21-11-15(16)20/h5-8,10-11,14H,3-4,9,12H2,1-2H3. The van der Waals surface area contributed by atoms with E-state index in [4.69, 9.17) is 25.8 Å². The Morgan fingerprint density at radius 3 is 2.73 bits per heavy atom. The van der Waals surface area contributed by atoms with E-state index in [1.165, 1.54) is 0 Å². The van der Waals surface area contributed by atoms with Gasteiger partial charge in [-0.3, -0.25) is 9.78 Å². The number of amides is 1. The van der Waals surface area contributed by atoms with Crippen molar-refractivity contribution in [1.82, 2.24) is 9.88 Å². The Kier molecular flexibility index (Phi) is 5.83. The molecule has 0 saturated carbocycles. The molecule has 2 aromatic rings. The second-order valence-electron chi connectivity index (χ2n) is 6.01. The summed E-state index contributed by atoms with van der Waals surface area (Å²) in [5, 5.41) is 0.468. The first-order valence-electron chi connectivity index (χ1n) is 8.40. The largest absolute Gasteiger partial charge is 0.493 e. The first-order chi connectivity index (χ1) is 12.6. The molecule has 1 saturated heterocycles. The minimum absolute atomic E-state index is 0.0555. The van der Waals surface area contributed by atoms with Gasteiger partial charge in [-0.15, -0.1) is 0 Å². The van der Waals surface area contributed by atoms with Crippen LogP contribution in [0.15, 0.2) is 36.7 Å². The summed E-state index contributed by atoms with van der Waals surface area (Å²) in [6, 6.07) is 6.91. The molecule has 1 aromatic carbocycles. The first kappa shape index (κ1) is 18.3. The fourth-order valence-corrected chi connectivity index (χ4v) is 3.17. The van der Waals surface area contributed by atoms with Crippen molar-refractivity contribution in [3.8, 4) is 17.2 Å². The second-order valence-corrected chi connectivity index (χ2v) is 6.42. The average Bonchev–Trinajstić information content (AvgIpc) is 2.69. The molecule has 1 amide bonds. The number of hydrogen-bond acceptors (Lipinski definition) is 5. The summed E-state index contributed by atoms with van der Waals surface area (Å²) in [5.41, 5.74) is 0.560. The fraction of sp³-hybridized carbons (Fsp3) is 0.368. The van der Waals surface area contributed by atoms with Crippen molar-refractivity contribution in [2.24, 2.45) is 0 Å². The molecule has 1 unspecified atom stereocenters. The third-order valence-corrected chi connectivity index (χ3v) is 4.61. The fourth-order valence-electron chi connectivity index (χ4n) is 3.01. The molecule has 1 fully saturated rings. The van der Waals surface area contributed by atoms with Gasteiger partial charge in [0.2, 0.25) is 0 Å². The molecule has 138 valence electrons. The summed E-state index contributed by atoms with van der Waals surface area (Å²) in [7, 11) is 3.12. The van der Waals surface area contributed by atoms with Gasteiger partial charge in [-0.1, -0.05) is 11.6 Å². The molecule has 0 N–H and O–H groups in total. The number of nitrogens with zero attached hydrogens (tertiary/aromatic N) is 2. The number of methoxy groups -OCH3 is 2. The van der Waals surface area contributed by atoms with Gasteiger partial charge >= 0.3 is 0 Å². The summed E-state index contributed by atoms with van der Waals surface area (Å²) in [6.07, 6.45) is 4.82. The van der Waals surface area contributed by atoms with Gasteiger partial charge in [0.05, 0.1) is 20.8 Å². The molecule has 1 atom stereocenters. The zero-order valence-electron chi connectivity index (χ0n) is 14.8. The lowest BCUT2D eigenvalue weighted by Crippen LogP contribution is -2.44. The van der Waals surface area contributed by atoms with Gasteiger partial charge in [0.25, 0.3) is 5.91 Å². The van der Waals surface area contributed by atoms with Gasteiger partial charge in [0, 0.05) is 30.6 Å². The highest BCUT2D eigenvalue weighted by Gasteiger charge is 2.26. The molecule has 0 radical (unpaired) electrons. The second kappa shape index (κ2) is 8.27. The lowest BCUT2D eigenvalue weighted by molar-refractivity contribution is 0.0537. The predicted octanol–water partition coefficient (Wildman–Crippen LogP) is 3.44. The molecule has 6 nitrogen and oxygen atoms in total. The van der Waals surface area contributed by atoms with Gasteiger partial charge in [-0.05, 0) is 31.0 Å². The topological polar surface area (TPSA) is 60.9 Å². The number of rotatable bonds is 5. The van der Waals surface area contributed by atoms with Crippen LogP contribution < -0.4 is 14.2 Å². The maximum Gasteiger partial charge on any atom is 0.254 e. The number of aromatic nitrogens is 1. The van der Waals surface area contributed by atoms with Crippen LogP contribution in [0.3, 0.4) is 0 Å². The Labute approximate surface area is 157 Å². The van der Waals surface area contributed by atoms with Crippen LogP contribution in [-0.4, -0.2) is 49.2 Å². The van der Waals surface area contributed by atoms with Crippen molar-refractivity contribution in [2.75, 3.05) is 27.3 Å². The lowest BCUT2D eigenvalue weighted by atomic mass is 10.1. The summed E-state index contributed by atoms with van der Waals surface area (Å²) in [6.45, 7) is 1.20. The molecule has 1 aliphatic rings. The van der Waals surface area contributed by atoms with Crippen LogP contribution in [0.25, 0.3) is 0 Å². The number of carbonyl (C=O) groups excluding carboxylic acids is 1. The van der Waals surface area contributed by atoms with E-state index < -0.39 is 0 Å². The van der Waals surface area contributed by atoms with Crippen molar-refractivity contribution in [1.29, 1.82) is 0 Å². The summed E-state index contributed by atoms with van der Waals surface area (Å²) in [4.78, 5) is 18.6. The molecule has 0 spiro atoms. The van der Waals surface area contributed by atoms with Crippen LogP contribution in [0.1, 0.15) is 23.2 Å². The highest BCUT2D eigenvalue weighted by molar-refractivity contribution is 6.31. The van der Waals surface area contributed by atoms with Crippen molar-refractivity contribution in [3.63, 3.8) is 0 Å². The molecular weight excluding hydrogens is 356 g/mol. The summed E-state index contributed by atoms with van der Waals surface area (Å²) < 4.78 is 16.5. The van der Waals surface area contributed by atoms with Crippen LogP contribution in [0.2, 0.25) is 5.02 Å². The molecule has 2 heterocycles. The van der Waals surface area contributed by atoms with Crippen molar-refractivity contribution < 1.29 is 19.0 Å². The Bertz CT molecular complexity index is 784. The molecule has 3 rings (SSSR count). The number of pyridine rings is 1. The minimum atomic E-state index is -0.104. The Morgan fingerprint density at radius 2 is 2.00 bits per heavy atom. The number of carbonyl (C=O) groups is 1. The third kappa shape index (κ3) is 4.02. The van der Waals surface area contributed by atoms with Crippen LogP contribution in [0.4, 0.5) is 0 Å². The maximum atomic E-state index is 12.9. The van der Waals surface area contributed by atoms with Gasteiger partial charge in [-0.2, -0.15) is 0 Å². The monoisotopic (exact) mass is 376 g/mol. The van der Waals surface area contributed by atoms with Gasteiger partial charge in [-0.25, -0.2) is 0 Å². The number of piperidine rings is 1. The van der Waals surface area contributed by atoms with E-state index in [1.54, 1.807) is 55.8 Å². The zero-order chi connectivity index (χ0) is 18.5. The lowest BCUT2D eigenvalue weighted by Gasteiger charge is -2.33. The molecular formula is C19H21ClN2O4. The van der Waals surface area contributed by atoms with E-state index in [0.717, 1.165) is 12.8 Å². The normalized spacial score (nSPS) is 16.9. The molecule has 1 aromatic heterocycles. The zero-order valence-corrected chi connectivity index (χ0v) is 15.5. The van der Waals surface area contributed by atoms with Crippen LogP contribution in [-0.2, 0) is 0 Å². The van der Waals surface area contributed by atoms with Crippen LogP contribution in [0.5, 0.6) is 17.2 Å². The number of likely N-dealkylation sites (tertiary alicyclic amines) is 1. The molecule has 26 heavy (non-hydrogen) atoms. The average molecular weight is 377 g/mol. The van der Waals surface area contributed by atoms with E-state index in [0.29, 0.717) is 40.9 Å². The SMILES string of the molecule is COc1ccc(C(=O)N2CCCC(Oc3ccncc3Cl)C2)cc1OC. The van der Waals surface area contributed by atoms with E-state index >= 15 is 0 Å². The Balaban J connectivity index is 1.71. The van der Waals surface area contributed by atoms with Crippen LogP contribution in [0, 0.1) is 0 Å². The van der Waals surface area contributed by atoms with Crippen LogP contribution >= 0.6 is 11.6 Å². The maximum absolute atomic E-state index is 12.9. The van der Waals surface area contributed by atoms with Crippen molar-refractivity contribution in [2.45, 2.75) is 18.9 Å². The quantitative estimate of drug-likeness (QED) is 0.800. The molecule has 7 heteroatoms. The summed E-state index contributed by atoms with van der Waals surface area (Å²) >= 11 is 6.11. The van der Waals surface area contributed by atoms with Gasteiger partial charge < -0.3 is 19.1 Å². The third-order valence-electron chi connectivity index (χ3n) is 4.32. The summed E-state index contributed by atoms with van der Waals surface area (Å²) in [5.74, 6) is 1.66. The number of benzene rings is 1. The first-order valence-corrected chi connectivity index (χ1v) is 8.77. The van der Waals surface area contributed by atoms with Crippen molar-refractivity contribution in [3.05, 3.63) is 47.2 Å². The molecule has 0 aliphatic carbocycles. The predicted molar refractivity (Wildman–Crippen MR) is 98.3 cm³/mol. The van der Waals surface area contributed by atoms with E-state index in [2.05, 4.69) is 4.98 Å². The smallest absolute Gasteiger partial charge is 0.254 e. The van der Waals surface area contributed by atoms with E-state index in [-0.39, 0.29) is 12.0 Å².